The fourth-order valence-corrected chi connectivity index (χ4v) is 2.63. The number of carbonyl (C=O) groups excluding carboxylic acids is 1. The lowest BCUT2D eigenvalue weighted by molar-refractivity contribution is -0.122. The third kappa shape index (κ3) is 4.08. The largest absolute Gasteiger partial charge is 0.492 e. The Morgan fingerprint density at radius 1 is 1.50 bits per heavy atom. The number of halogens is 1. The highest BCUT2D eigenvalue weighted by molar-refractivity contribution is 7.99. The van der Waals surface area contributed by atoms with Crippen molar-refractivity contribution in [2.45, 2.75) is 6.04 Å². The van der Waals surface area contributed by atoms with Crippen LogP contribution in [0.3, 0.4) is 0 Å². The molecule has 2 N–H and O–H groups in total. The maximum Gasteiger partial charge on any atom is 0.238 e. The summed E-state index contributed by atoms with van der Waals surface area (Å²) in [5, 5.41) is 6.64. The second kappa shape index (κ2) is 6.87. The first-order valence-corrected chi connectivity index (χ1v) is 7.26. The molecule has 0 saturated carbocycles. The Balaban J connectivity index is 1.63. The quantitative estimate of drug-likeness (QED) is 0.806. The highest BCUT2D eigenvalue weighted by Crippen LogP contribution is 2.15. The third-order valence-electron chi connectivity index (χ3n) is 2.52. The molecule has 1 fully saturated rings. The molecule has 1 aromatic rings. The molecule has 1 atom stereocenters. The summed E-state index contributed by atoms with van der Waals surface area (Å²) in [4.78, 5) is 11.6. The predicted octanol–water partition coefficient (Wildman–Crippen LogP) is 1.50. The molecule has 18 heavy (non-hydrogen) atoms. The smallest absolute Gasteiger partial charge is 0.238 e. The first kappa shape index (κ1) is 13.5. The van der Waals surface area contributed by atoms with Crippen molar-refractivity contribution >= 4 is 29.3 Å². The van der Waals surface area contributed by atoms with Crippen molar-refractivity contribution in [2.24, 2.45) is 0 Å². The number of carbonyl (C=O) groups is 1. The summed E-state index contributed by atoms with van der Waals surface area (Å²) < 4.78 is 5.48. The van der Waals surface area contributed by atoms with Crippen molar-refractivity contribution in [3.05, 3.63) is 29.3 Å². The van der Waals surface area contributed by atoms with Crippen molar-refractivity contribution < 1.29 is 9.53 Å². The molecule has 6 heteroatoms. The Hall–Kier alpha value is -0.910. The number of ether oxygens (including phenoxy) is 1. The van der Waals surface area contributed by atoms with Gasteiger partial charge in [0.1, 0.15) is 12.4 Å². The molecule has 1 unspecified atom stereocenters. The highest BCUT2D eigenvalue weighted by Gasteiger charge is 2.21. The fourth-order valence-electron chi connectivity index (χ4n) is 1.56. The molecule has 1 heterocycles. The van der Waals surface area contributed by atoms with Crippen LogP contribution in [0.4, 0.5) is 0 Å². The van der Waals surface area contributed by atoms with E-state index in [1.165, 1.54) is 0 Å². The molecular weight excluding hydrogens is 272 g/mol. The van der Waals surface area contributed by atoms with Crippen LogP contribution in [0.25, 0.3) is 0 Å². The molecule has 0 bridgehead atoms. The van der Waals surface area contributed by atoms with Crippen LogP contribution < -0.4 is 15.4 Å². The van der Waals surface area contributed by atoms with Gasteiger partial charge in [0.15, 0.2) is 0 Å². The molecule has 0 aliphatic carbocycles. The normalized spacial score (nSPS) is 18.6. The second-order valence-electron chi connectivity index (χ2n) is 3.87. The summed E-state index contributed by atoms with van der Waals surface area (Å²) in [6.07, 6.45) is 0. The summed E-state index contributed by atoms with van der Waals surface area (Å²) in [6, 6.07) is 7.09. The van der Waals surface area contributed by atoms with E-state index in [0.29, 0.717) is 18.2 Å². The van der Waals surface area contributed by atoms with Crippen LogP contribution in [-0.4, -0.2) is 36.7 Å². The van der Waals surface area contributed by atoms with Crippen LogP contribution in [0, 0.1) is 0 Å². The minimum atomic E-state index is -0.0643. The number of hydrogen-bond acceptors (Lipinski definition) is 4. The maximum atomic E-state index is 11.6. The number of rotatable bonds is 5. The minimum Gasteiger partial charge on any atom is -0.492 e. The van der Waals surface area contributed by atoms with E-state index in [0.717, 1.165) is 17.4 Å². The Labute approximate surface area is 115 Å². The van der Waals surface area contributed by atoms with E-state index in [4.69, 9.17) is 16.3 Å². The molecule has 0 spiro atoms. The van der Waals surface area contributed by atoms with Crippen molar-refractivity contribution in [2.75, 3.05) is 24.8 Å². The average molecular weight is 287 g/mol. The Bertz CT molecular complexity index is 394. The summed E-state index contributed by atoms with van der Waals surface area (Å²) in [5.41, 5.74) is 0. The lowest BCUT2D eigenvalue weighted by Crippen LogP contribution is -2.43. The van der Waals surface area contributed by atoms with Crippen molar-refractivity contribution in [1.82, 2.24) is 10.6 Å². The van der Waals surface area contributed by atoms with Gasteiger partial charge in [-0.25, -0.2) is 0 Å². The molecule has 1 saturated heterocycles. The first-order valence-electron chi connectivity index (χ1n) is 5.73. The Morgan fingerprint density at radius 3 is 2.94 bits per heavy atom. The second-order valence-corrected chi connectivity index (χ2v) is 5.33. The lowest BCUT2D eigenvalue weighted by atomic mass is 10.3. The first-order chi connectivity index (χ1) is 8.75. The highest BCUT2D eigenvalue weighted by atomic mass is 35.5. The zero-order valence-electron chi connectivity index (χ0n) is 9.82. The van der Waals surface area contributed by atoms with Crippen molar-refractivity contribution in [1.29, 1.82) is 0 Å². The van der Waals surface area contributed by atoms with Crippen LogP contribution in [0.2, 0.25) is 5.02 Å². The van der Waals surface area contributed by atoms with Crippen LogP contribution in [0.5, 0.6) is 5.75 Å². The van der Waals surface area contributed by atoms with Crippen molar-refractivity contribution in [3.8, 4) is 5.75 Å². The van der Waals surface area contributed by atoms with Gasteiger partial charge in [-0.15, -0.1) is 11.8 Å². The van der Waals surface area contributed by atoms with Gasteiger partial charge in [0.25, 0.3) is 0 Å². The van der Waals surface area contributed by atoms with Crippen LogP contribution in [0.15, 0.2) is 24.3 Å². The molecule has 0 aromatic heterocycles. The molecule has 98 valence electrons. The minimum absolute atomic E-state index is 0.0414. The van der Waals surface area contributed by atoms with Crippen molar-refractivity contribution in [3.63, 3.8) is 0 Å². The summed E-state index contributed by atoms with van der Waals surface area (Å²) in [6.45, 7) is 0.956. The number of benzene rings is 1. The van der Waals surface area contributed by atoms with Crippen LogP contribution >= 0.6 is 23.4 Å². The molecule has 1 aliphatic heterocycles. The standard InChI is InChI=1S/C12H15ClN2O2S/c13-9-1-3-10(4-2-9)17-6-5-14-12(16)11-7-18-8-15-11/h1-4,11,15H,5-8H2,(H,14,16). The molecule has 0 radical (unpaired) electrons. The topological polar surface area (TPSA) is 50.4 Å². The zero-order valence-corrected chi connectivity index (χ0v) is 11.4. The van der Waals surface area contributed by atoms with Gasteiger partial charge in [-0.1, -0.05) is 11.6 Å². The monoisotopic (exact) mass is 286 g/mol. The third-order valence-corrected chi connectivity index (χ3v) is 3.71. The molecular formula is C12H15ClN2O2S. The van der Waals surface area contributed by atoms with Gasteiger partial charge in [-0.05, 0) is 24.3 Å². The molecule has 2 rings (SSSR count). The average Bonchev–Trinajstić information content (AvgIpc) is 2.90. The maximum absolute atomic E-state index is 11.6. The van der Waals surface area contributed by atoms with E-state index in [2.05, 4.69) is 10.6 Å². The van der Waals surface area contributed by atoms with E-state index in [-0.39, 0.29) is 11.9 Å². The van der Waals surface area contributed by atoms with E-state index in [9.17, 15) is 4.79 Å². The van der Waals surface area contributed by atoms with Gasteiger partial charge in [0.05, 0.1) is 12.6 Å². The number of hydrogen-bond donors (Lipinski definition) is 2. The SMILES string of the molecule is O=C(NCCOc1ccc(Cl)cc1)C1CSCN1. The molecule has 1 aromatic carbocycles. The molecule has 1 aliphatic rings. The zero-order chi connectivity index (χ0) is 12.8. The van der Waals surface area contributed by atoms with Gasteiger partial charge in [0.2, 0.25) is 5.91 Å². The van der Waals surface area contributed by atoms with Gasteiger partial charge in [-0.2, -0.15) is 0 Å². The van der Waals surface area contributed by atoms with Gasteiger partial charge >= 0.3 is 0 Å². The fraction of sp³-hybridized carbons (Fsp3) is 0.417. The lowest BCUT2D eigenvalue weighted by Gasteiger charge is -2.11. The van der Waals surface area contributed by atoms with Gasteiger partial charge < -0.3 is 10.1 Å². The molecule has 1 amide bonds. The van der Waals surface area contributed by atoms with Gasteiger partial charge in [-0.3, -0.25) is 10.1 Å². The summed E-state index contributed by atoms with van der Waals surface area (Å²) in [7, 11) is 0. The molecule has 4 nitrogen and oxygen atoms in total. The van der Waals surface area contributed by atoms with E-state index >= 15 is 0 Å². The van der Waals surface area contributed by atoms with E-state index < -0.39 is 0 Å². The predicted molar refractivity (Wildman–Crippen MR) is 74.2 cm³/mol. The van der Waals surface area contributed by atoms with Crippen LogP contribution in [0.1, 0.15) is 0 Å². The van der Waals surface area contributed by atoms with Crippen LogP contribution in [-0.2, 0) is 4.79 Å². The Kier molecular flexibility index (Phi) is 5.16. The van der Waals surface area contributed by atoms with E-state index in [1.807, 2.05) is 0 Å². The Morgan fingerprint density at radius 2 is 2.28 bits per heavy atom. The number of amides is 1. The summed E-state index contributed by atoms with van der Waals surface area (Å²) >= 11 is 7.50. The van der Waals surface area contributed by atoms with E-state index in [1.54, 1.807) is 36.0 Å². The number of thioether (sulfide) groups is 1. The summed E-state index contributed by atoms with van der Waals surface area (Å²) in [5.74, 6) is 2.48. The van der Waals surface area contributed by atoms with Gasteiger partial charge in [0, 0.05) is 16.7 Å². The number of nitrogens with one attached hydrogen (secondary N) is 2.